The Morgan fingerprint density at radius 2 is 1.52 bits per heavy atom. The third-order valence-corrected chi connectivity index (χ3v) is 7.48. The van der Waals surface area contributed by atoms with Gasteiger partial charge in [-0.3, -0.25) is 0 Å². The van der Waals surface area contributed by atoms with E-state index in [1.807, 2.05) is 23.6 Å². The molecule has 242 valence electrons. The first-order valence-electron chi connectivity index (χ1n) is 14.1. The monoisotopic (exact) mass is 633 g/mol. The second-order valence-corrected chi connectivity index (χ2v) is 10.7. The van der Waals surface area contributed by atoms with Crippen LogP contribution in [0, 0.1) is 6.92 Å². The number of benzene rings is 2. The first-order valence-corrected chi connectivity index (χ1v) is 14.1. The number of unbranched alkanes of at least 4 members (excludes halogenated alkanes) is 2. The van der Waals surface area contributed by atoms with E-state index in [0.717, 1.165) is 47.9 Å². The number of hydrogen-bond donors (Lipinski definition) is 0. The van der Waals surface area contributed by atoms with E-state index in [9.17, 15) is 39.9 Å². The van der Waals surface area contributed by atoms with Crippen molar-refractivity contribution in [1.82, 2.24) is 4.57 Å². The van der Waals surface area contributed by atoms with E-state index in [1.54, 1.807) is 13.1 Å². The van der Waals surface area contributed by atoms with Gasteiger partial charge in [0.2, 0.25) is 0 Å². The van der Waals surface area contributed by atoms with Crippen LogP contribution in [0.15, 0.2) is 55.1 Å². The van der Waals surface area contributed by atoms with Crippen LogP contribution in [0.5, 0.6) is 5.75 Å². The predicted molar refractivity (Wildman–Crippen MR) is 152 cm³/mol. The zero-order valence-electron chi connectivity index (χ0n) is 24.7. The van der Waals surface area contributed by atoms with Gasteiger partial charge in [-0.25, -0.2) is 4.79 Å². The Labute approximate surface area is 250 Å². The van der Waals surface area contributed by atoms with Gasteiger partial charge in [-0.1, -0.05) is 44.5 Å². The fourth-order valence-electron chi connectivity index (χ4n) is 4.82. The van der Waals surface area contributed by atoms with Gasteiger partial charge in [0.25, 0.3) is 0 Å². The summed E-state index contributed by atoms with van der Waals surface area (Å²) >= 11 is 0. The Hall–Kier alpha value is -3.57. The summed E-state index contributed by atoms with van der Waals surface area (Å²) in [6, 6.07) is 12.7. The van der Waals surface area contributed by atoms with Crippen molar-refractivity contribution < 1.29 is 49.4 Å². The number of aryl methyl sites for hydroxylation is 3. The Kier molecular flexibility index (Phi) is 10.8. The van der Waals surface area contributed by atoms with E-state index in [0.29, 0.717) is 11.6 Å². The maximum absolute atomic E-state index is 14.4. The molecule has 0 radical (unpaired) electrons. The lowest BCUT2D eigenvalue weighted by Gasteiger charge is -2.36. The van der Waals surface area contributed by atoms with Crippen molar-refractivity contribution in [3.05, 3.63) is 66.2 Å². The third-order valence-electron chi connectivity index (χ3n) is 7.48. The molecule has 4 nitrogen and oxygen atoms in total. The number of carbonyl (C=O) groups excluding carboxylic acids is 1. The highest BCUT2D eigenvalue weighted by Gasteiger charge is 2.79. The van der Waals surface area contributed by atoms with Crippen molar-refractivity contribution in [1.29, 1.82) is 0 Å². The lowest BCUT2D eigenvalue weighted by Crippen LogP contribution is -2.62. The molecule has 0 aliphatic rings. The maximum Gasteiger partial charge on any atom is 0.378 e. The molecule has 0 spiro atoms. The molecule has 12 heteroatoms. The molecule has 1 aromatic heterocycles. The summed E-state index contributed by atoms with van der Waals surface area (Å²) in [5.41, 5.74) is 4.76. The second-order valence-electron chi connectivity index (χ2n) is 10.7. The van der Waals surface area contributed by atoms with Crippen molar-refractivity contribution in [2.45, 2.75) is 76.1 Å². The van der Waals surface area contributed by atoms with Crippen LogP contribution in [0.4, 0.5) is 35.1 Å². The number of fused-ring (bicyclic) bond motifs is 1. The molecule has 0 saturated heterocycles. The molecular weight excluding hydrogens is 598 g/mol. The van der Waals surface area contributed by atoms with Gasteiger partial charge in [-0.2, -0.15) is 35.1 Å². The summed E-state index contributed by atoms with van der Waals surface area (Å²) in [6.45, 7) is 4.52. The number of carbonyl (C=O) groups is 1. The van der Waals surface area contributed by atoms with E-state index in [-0.39, 0.29) is 5.75 Å². The van der Waals surface area contributed by atoms with Crippen LogP contribution >= 0.6 is 0 Å². The molecule has 0 aliphatic carbocycles. The lowest BCUT2D eigenvalue weighted by molar-refractivity contribution is -0.368. The minimum absolute atomic E-state index is 0.00603. The Morgan fingerprint density at radius 3 is 2.11 bits per heavy atom. The first-order chi connectivity index (χ1) is 20.5. The number of ether oxygens (including phenoxy) is 2. The van der Waals surface area contributed by atoms with Crippen LogP contribution in [-0.4, -0.2) is 47.4 Å². The second kappa shape index (κ2) is 13.6. The van der Waals surface area contributed by atoms with Crippen LogP contribution in [0.2, 0.25) is 0 Å². The molecule has 2 aromatic carbocycles. The van der Waals surface area contributed by atoms with E-state index in [2.05, 4.69) is 30.4 Å². The molecule has 44 heavy (non-hydrogen) atoms. The number of hydrogen-bond acceptors (Lipinski definition) is 3. The van der Waals surface area contributed by atoms with Gasteiger partial charge in [0.1, 0.15) is 5.75 Å². The van der Waals surface area contributed by atoms with Crippen molar-refractivity contribution in [2.24, 2.45) is 7.05 Å². The van der Waals surface area contributed by atoms with E-state index >= 15 is 0 Å². The average molecular weight is 634 g/mol. The number of esters is 1. The molecule has 0 atom stereocenters. The summed E-state index contributed by atoms with van der Waals surface area (Å²) in [4.78, 5) is 10.9. The van der Waals surface area contributed by atoms with E-state index in [4.69, 9.17) is 4.74 Å². The highest BCUT2D eigenvalue weighted by atomic mass is 19.4. The molecule has 0 unspecified atom stereocenters. The average Bonchev–Trinajstić information content (AvgIpc) is 3.28. The van der Waals surface area contributed by atoms with Crippen molar-refractivity contribution >= 4 is 16.9 Å². The predicted octanol–water partition coefficient (Wildman–Crippen LogP) is 9.32. The van der Waals surface area contributed by atoms with Crippen LogP contribution in [-0.2, 0) is 23.0 Å². The molecule has 3 rings (SSSR count). The normalized spacial score (nSPS) is 12.9. The fourth-order valence-corrected chi connectivity index (χ4v) is 4.82. The van der Waals surface area contributed by atoms with Crippen LogP contribution in [0.25, 0.3) is 22.2 Å². The van der Waals surface area contributed by atoms with E-state index < -0.39 is 55.7 Å². The van der Waals surface area contributed by atoms with Gasteiger partial charge >= 0.3 is 29.7 Å². The Bertz CT molecular complexity index is 1470. The highest BCUT2D eigenvalue weighted by molar-refractivity contribution is 5.88. The quantitative estimate of drug-likeness (QED) is 0.0683. The van der Waals surface area contributed by atoms with Gasteiger partial charge in [0.15, 0.2) is 0 Å². The molecule has 0 aliphatic heterocycles. The van der Waals surface area contributed by atoms with Crippen LogP contribution < -0.4 is 4.74 Å². The third kappa shape index (κ3) is 7.21. The molecule has 0 fully saturated rings. The Balaban J connectivity index is 1.71. The molecule has 0 N–H and O–H groups in total. The topological polar surface area (TPSA) is 40.5 Å². The minimum atomic E-state index is -6.46. The zero-order chi connectivity index (χ0) is 32.9. The van der Waals surface area contributed by atoms with Gasteiger partial charge in [-0.15, -0.1) is 0 Å². The largest absolute Gasteiger partial charge is 0.493 e. The number of alkyl halides is 8. The molecule has 0 bridgehead atoms. The van der Waals surface area contributed by atoms with Crippen molar-refractivity contribution in [2.75, 3.05) is 13.2 Å². The molecule has 3 aromatic rings. The van der Waals surface area contributed by atoms with Gasteiger partial charge in [0, 0.05) is 35.8 Å². The SMILES string of the molecule is C=CC(=O)OCCC(F)(F)C(F)(F)C(F)(F)C(F)(F)CCOc1ccc2cc(-c3ccc(CCCCC)cc3C)n(C)c2c1. The van der Waals surface area contributed by atoms with Gasteiger partial charge in [0.05, 0.1) is 31.6 Å². The number of halogens is 8. The van der Waals surface area contributed by atoms with E-state index in [1.165, 1.54) is 17.7 Å². The zero-order valence-corrected chi connectivity index (χ0v) is 24.7. The summed E-state index contributed by atoms with van der Waals surface area (Å²) in [6.07, 6.45) is 0.791. The molecule has 0 amide bonds. The number of rotatable bonds is 16. The summed E-state index contributed by atoms with van der Waals surface area (Å²) in [7, 11) is 1.78. The number of aromatic nitrogens is 1. The molecule has 0 saturated carbocycles. The minimum Gasteiger partial charge on any atom is -0.493 e. The first kappa shape index (κ1) is 34.9. The van der Waals surface area contributed by atoms with Crippen LogP contribution in [0.1, 0.15) is 50.2 Å². The lowest BCUT2D eigenvalue weighted by atomic mass is 9.95. The van der Waals surface area contributed by atoms with Crippen molar-refractivity contribution in [3.63, 3.8) is 0 Å². The molecule has 1 heterocycles. The molecular formula is C32H35F8NO3. The summed E-state index contributed by atoms with van der Waals surface area (Å²) in [5.74, 6) is -25.4. The number of nitrogens with zero attached hydrogens (tertiary/aromatic N) is 1. The maximum atomic E-state index is 14.4. The fraction of sp³-hybridized carbons (Fsp3) is 0.469. The highest BCUT2D eigenvalue weighted by Crippen LogP contribution is 2.54. The van der Waals surface area contributed by atoms with Crippen molar-refractivity contribution in [3.8, 4) is 17.0 Å². The Morgan fingerprint density at radius 1 is 0.886 bits per heavy atom. The standard InChI is InChI=1S/C32H35F8NO3/c1-5-7-8-9-22-10-13-25(21(3)18-22)27-19-23-11-12-24(20-26(23)41(27)4)43-16-14-29(33,34)31(37,38)32(39,40)30(35,36)15-17-44-28(42)6-2/h6,10-13,18-20H,2,5,7-9,14-17H2,1,3-4H3. The van der Waals surface area contributed by atoms with Gasteiger partial charge in [-0.05, 0) is 49.1 Å². The van der Waals surface area contributed by atoms with Gasteiger partial charge < -0.3 is 14.0 Å². The summed E-state index contributed by atoms with van der Waals surface area (Å²) < 4.78 is 125. The van der Waals surface area contributed by atoms with Crippen LogP contribution in [0.3, 0.4) is 0 Å². The summed E-state index contributed by atoms with van der Waals surface area (Å²) in [5, 5.41) is 0.777. The smallest absolute Gasteiger partial charge is 0.378 e.